The van der Waals surface area contributed by atoms with Gasteiger partial charge in [0.15, 0.2) is 17.7 Å². The maximum atomic E-state index is 9.45. The molecular formula is C11H12N6O3. The first-order valence-electron chi connectivity index (χ1n) is 6.35. The van der Waals surface area contributed by atoms with Crippen molar-refractivity contribution in [2.75, 3.05) is 18.9 Å². The molecule has 5 rings (SSSR count). The number of rotatable bonds is 2. The Morgan fingerprint density at radius 3 is 3.05 bits per heavy atom. The minimum atomic E-state index is -0.886. The number of hydrogen-bond donors (Lipinski definition) is 3. The highest BCUT2D eigenvalue weighted by Gasteiger charge is 2.81. The molecule has 2 aromatic heterocycles. The molecule has 9 heteroatoms. The molecule has 1 spiro atoms. The molecule has 0 amide bonds. The van der Waals surface area contributed by atoms with E-state index in [1.807, 2.05) is 4.57 Å². The summed E-state index contributed by atoms with van der Waals surface area (Å²) in [5, 5.41) is 12.7. The van der Waals surface area contributed by atoms with Gasteiger partial charge in [0, 0.05) is 6.54 Å². The number of fused-ring (bicyclic) bond motifs is 3. The van der Waals surface area contributed by atoms with Crippen LogP contribution >= 0.6 is 0 Å². The number of nitrogens with one attached hydrogen (secondary N) is 1. The summed E-state index contributed by atoms with van der Waals surface area (Å²) in [5.74, 6) is -0.550. The van der Waals surface area contributed by atoms with E-state index in [0.29, 0.717) is 17.0 Å². The minimum absolute atomic E-state index is 0.137. The number of aromatic nitrogens is 4. The van der Waals surface area contributed by atoms with Gasteiger partial charge in [-0.3, -0.25) is 4.57 Å². The molecular weight excluding hydrogens is 264 g/mol. The molecule has 104 valence electrons. The number of nitrogen functional groups attached to an aromatic ring is 1. The number of imidazole rings is 1. The van der Waals surface area contributed by atoms with Crippen molar-refractivity contribution in [1.82, 2.24) is 24.8 Å². The smallest absolute Gasteiger partial charge is 0.223 e. The van der Waals surface area contributed by atoms with Crippen molar-refractivity contribution in [2.45, 2.75) is 23.7 Å². The number of nitrogens with zero attached hydrogens (tertiary/aromatic N) is 4. The Labute approximate surface area is 112 Å². The van der Waals surface area contributed by atoms with E-state index in [9.17, 15) is 5.11 Å². The molecule has 9 nitrogen and oxygen atoms in total. The third-order valence-electron chi connectivity index (χ3n) is 4.32. The van der Waals surface area contributed by atoms with E-state index in [-0.39, 0.29) is 24.5 Å². The second kappa shape index (κ2) is 3.09. The van der Waals surface area contributed by atoms with Crippen molar-refractivity contribution in [2.24, 2.45) is 0 Å². The van der Waals surface area contributed by atoms with Gasteiger partial charge in [0.2, 0.25) is 5.79 Å². The van der Waals surface area contributed by atoms with Gasteiger partial charge in [-0.1, -0.05) is 0 Å². The first-order chi connectivity index (χ1) is 9.70. The van der Waals surface area contributed by atoms with Crippen LogP contribution in [-0.2, 0) is 9.47 Å². The molecule has 3 aliphatic heterocycles. The summed E-state index contributed by atoms with van der Waals surface area (Å²) < 4.78 is 13.3. The normalized spacial score (nSPS) is 41.2. The molecule has 4 atom stereocenters. The lowest BCUT2D eigenvalue weighted by atomic mass is 10.0. The van der Waals surface area contributed by atoms with Gasteiger partial charge in [0.1, 0.15) is 30.1 Å². The Hall–Kier alpha value is -1.81. The SMILES string of the molecule is Nc1ncnc2c1ncn2[C@@H]1OC2(CO)O[C@@H]2C12CN2. The molecule has 0 aromatic carbocycles. The van der Waals surface area contributed by atoms with Crippen molar-refractivity contribution in [3.8, 4) is 0 Å². The fraction of sp³-hybridized carbons (Fsp3) is 0.545. The number of anilines is 1. The summed E-state index contributed by atoms with van der Waals surface area (Å²) in [4.78, 5) is 12.4. The van der Waals surface area contributed by atoms with E-state index < -0.39 is 5.79 Å². The molecule has 20 heavy (non-hydrogen) atoms. The summed E-state index contributed by atoms with van der Waals surface area (Å²) >= 11 is 0. The zero-order valence-corrected chi connectivity index (χ0v) is 10.4. The fourth-order valence-electron chi connectivity index (χ4n) is 3.14. The predicted octanol–water partition coefficient (Wildman–Crippen LogP) is -1.63. The second-order valence-corrected chi connectivity index (χ2v) is 5.41. The van der Waals surface area contributed by atoms with Crippen LogP contribution in [0.2, 0.25) is 0 Å². The van der Waals surface area contributed by atoms with Crippen molar-refractivity contribution in [1.29, 1.82) is 0 Å². The topological polar surface area (TPSA) is 134 Å². The van der Waals surface area contributed by atoms with E-state index in [1.165, 1.54) is 6.33 Å². The first kappa shape index (κ1) is 10.9. The van der Waals surface area contributed by atoms with Crippen LogP contribution in [0, 0.1) is 0 Å². The first-order valence-corrected chi connectivity index (χ1v) is 6.35. The van der Waals surface area contributed by atoms with Crippen LogP contribution < -0.4 is 11.1 Å². The molecule has 0 radical (unpaired) electrons. The zero-order valence-electron chi connectivity index (χ0n) is 10.4. The molecule has 2 aromatic rings. The Balaban J connectivity index is 1.65. The molecule has 3 saturated heterocycles. The van der Waals surface area contributed by atoms with E-state index in [2.05, 4.69) is 20.3 Å². The Morgan fingerprint density at radius 2 is 2.30 bits per heavy atom. The molecule has 0 bridgehead atoms. The molecule has 0 aliphatic carbocycles. The Morgan fingerprint density at radius 1 is 1.45 bits per heavy atom. The number of aliphatic hydroxyl groups excluding tert-OH is 1. The van der Waals surface area contributed by atoms with Crippen LogP contribution in [0.15, 0.2) is 12.7 Å². The van der Waals surface area contributed by atoms with Crippen molar-refractivity contribution in [3.05, 3.63) is 12.7 Å². The number of aliphatic hydroxyl groups is 1. The lowest BCUT2D eigenvalue weighted by Gasteiger charge is -2.22. The predicted molar refractivity (Wildman–Crippen MR) is 65.3 cm³/mol. The highest BCUT2D eigenvalue weighted by Crippen LogP contribution is 2.61. The maximum Gasteiger partial charge on any atom is 0.223 e. The number of ether oxygens (including phenoxy) is 2. The largest absolute Gasteiger partial charge is 0.391 e. The molecule has 3 fully saturated rings. The van der Waals surface area contributed by atoms with Crippen LogP contribution in [0.25, 0.3) is 11.2 Å². The lowest BCUT2D eigenvalue weighted by Crippen LogP contribution is -2.32. The fourth-order valence-corrected chi connectivity index (χ4v) is 3.14. The van der Waals surface area contributed by atoms with Gasteiger partial charge in [0.25, 0.3) is 0 Å². The van der Waals surface area contributed by atoms with Gasteiger partial charge in [-0.25, -0.2) is 15.0 Å². The summed E-state index contributed by atoms with van der Waals surface area (Å²) in [6.45, 7) is 0.603. The standard InChI is InChI=1S/C11H12N6O3/c12-6-5-7(14-3-13-6)17(4-15-5)9-10(1-16-10)8-11(2-18,19-8)20-9/h3-4,8-9,16,18H,1-2H2,(H2,12,13,14)/t8-,9-,10?,11?/m1/s1. The Bertz CT molecular complexity index is 728. The second-order valence-electron chi connectivity index (χ2n) is 5.41. The average molecular weight is 276 g/mol. The third-order valence-corrected chi connectivity index (χ3v) is 4.32. The summed E-state index contributed by atoms with van der Waals surface area (Å²) in [6.07, 6.45) is 2.57. The summed E-state index contributed by atoms with van der Waals surface area (Å²) in [6, 6.07) is 0. The van der Waals surface area contributed by atoms with E-state index in [1.54, 1.807) is 6.33 Å². The highest BCUT2D eigenvalue weighted by atomic mass is 16.8. The van der Waals surface area contributed by atoms with Crippen molar-refractivity contribution >= 4 is 17.0 Å². The average Bonchev–Trinajstić information content (AvgIpc) is 3.30. The van der Waals surface area contributed by atoms with E-state index in [4.69, 9.17) is 15.2 Å². The van der Waals surface area contributed by atoms with Gasteiger partial charge >= 0.3 is 0 Å². The number of nitrogens with two attached hydrogens (primary N) is 1. The van der Waals surface area contributed by atoms with Crippen LogP contribution in [0.3, 0.4) is 0 Å². The number of hydrogen-bond acceptors (Lipinski definition) is 8. The lowest BCUT2D eigenvalue weighted by molar-refractivity contribution is -0.141. The van der Waals surface area contributed by atoms with Crippen LogP contribution in [0.4, 0.5) is 5.82 Å². The van der Waals surface area contributed by atoms with Gasteiger partial charge in [-0.05, 0) is 0 Å². The quantitative estimate of drug-likeness (QED) is 0.556. The third kappa shape index (κ3) is 1.07. The summed E-state index contributed by atoms with van der Waals surface area (Å²) in [5.41, 5.74) is 6.65. The Kier molecular flexibility index (Phi) is 1.69. The molecule has 3 aliphatic rings. The zero-order chi connectivity index (χ0) is 13.5. The minimum Gasteiger partial charge on any atom is -0.391 e. The van der Waals surface area contributed by atoms with Crippen LogP contribution in [0.5, 0.6) is 0 Å². The van der Waals surface area contributed by atoms with Gasteiger partial charge < -0.3 is 25.6 Å². The van der Waals surface area contributed by atoms with E-state index in [0.717, 1.165) is 6.54 Å². The van der Waals surface area contributed by atoms with Crippen molar-refractivity contribution in [3.63, 3.8) is 0 Å². The van der Waals surface area contributed by atoms with E-state index >= 15 is 0 Å². The van der Waals surface area contributed by atoms with Crippen LogP contribution in [0.1, 0.15) is 6.23 Å². The van der Waals surface area contributed by atoms with Gasteiger partial charge in [0.05, 0.1) is 6.33 Å². The maximum absolute atomic E-state index is 9.45. The highest BCUT2D eigenvalue weighted by molar-refractivity contribution is 5.81. The summed E-state index contributed by atoms with van der Waals surface area (Å²) in [7, 11) is 0. The molecule has 0 saturated carbocycles. The molecule has 2 unspecified atom stereocenters. The van der Waals surface area contributed by atoms with Crippen molar-refractivity contribution < 1.29 is 14.6 Å². The monoisotopic (exact) mass is 276 g/mol. The molecule has 4 N–H and O–H groups in total. The van der Waals surface area contributed by atoms with Gasteiger partial charge in [-0.2, -0.15) is 0 Å². The van der Waals surface area contributed by atoms with Gasteiger partial charge in [-0.15, -0.1) is 0 Å². The number of epoxide rings is 1. The molecule has 5 heterocycles. The van der Waals surface area contributed by atoms with Crippen LogP contribution in [-0.4, -0.2) is 55.2 Å².